The van der Waals surface area contributed by atoms with E-state index in [0.717, 1.165) is 84.0 Å². The van der Waals surface area contributed by atoms with Crippen LogP contribution in [0.15, 0.2) is 273 Å². The maximum absolute atomic E-state index is 2.44. The van der Waals surface area contributed by atoms with Gasteiger partial charge in [0.2, 0.25) is 0 Å². The summed E-state index contributed by atoms with van der Waals surface area (Å²) in [6.45, 7) is 0. The molecule has 0 aliphatic rings. The molecule has 5 heteroatoms. The van der Waals surface area contributed by atoms with Crippen LogP contribution in [0.25, 0.3) is 82.5 Å². The molecule has 14 aromatic rings. The minimum Gasteiger partial charge on any atom is -0.309 e. The van der Waals surface area contributed by atoms with E-state index in [0.29, 0.717) is 0 Å². The van der Waals surface area contributed by atoms with Gasteiger partial charge in [-0.3, -0.25) is 0 Å². The number of aromatic nitrogens is 3. The van der Waals surface area contributed by atoms with E-state index < -0.39 is 0 Å². The first-order valence-electron chi connectivity index (χ1n) is 24.3. The summed E-state index contributed by atoms with van der Waals surface area (Å²) in [5, 5.41) is 7.16. The topological polar surface area (TPSA) is 21.3 Å². The van der Waals surface area contributed by atoms with Crippen molar-refractivity contribution in [2.45, 2.75) is 0 Å². The van der Waals surface area contributed by atoms with Gasteiger partial charge in [0.15, 0.2) is 0 Å². The van der Waals surface area contributed by atoms with Gasteiger partial charge in [0.05, 0.1) is 44.5 Å². The molecule has 0 aliphatic heterocycles. The van der Waals surface area contributed by atoms with Crippen LogP contribution in [-0.4, -0.2) is 13.7 Å². The number of benzene rings is 11. The molecule has 0 radical (unpaired) electrons. The van der Waals surface area contributed by atoms with Crippen molar-refractivity contribution in [1.82, 2.24) is 13.7 Å². The summed E-state index contributed by atoms with van der Waals surface area (Å²) < 4.78 is 7.27. The lowest BCUT2D eigenvalue weighted by molar-refractivity contribution is 1.16. The average molecular weight is 908 g/mol. The number of para-hydroxylation sites is 9. The molecular weight excluding hydrogens is 863 g/mol. The molecule has 3 heterocycles. The molecule has 0 N–H and O–H groups in total. The molecule has 0 fully saturated rings. The number of anilines is 6. The maximum atomic E-state index is 2.44. The second kappa shape index (κ2) is 16.6. The van der Waals surface area contributed by atoms with E-state index in [1.54, 1.807) is 0 Å². The summed E-state index contributed by atoms with van der Waals surface area (Å²) in [5.74, 6) is 0. The highest BCUT2D eigenvalue weighted by Crippen LogP contribution is 2.48. The predicted octanol–water partition coefficient (Wildman–Crippen LogP) is 17.9. The SMILES string of the molecule is c1ccc(N(c2ccc3c(c2)c2cc(N(c4ccccc4)c4cccc5c6ccccc6n(-c6ccccc6)c45)ccc2n3-c2ccccc2)c2cccc3c4ccccc4n(-c4ccccc4)c23)cc1. The molecule has 71 heavy (non-hydrogen) atoms. The fourth-order valence-corrected chi connectivity index (χ4v) is 11.2. The van der Waals surface area contributed by atoms with Gasteiger partial charge in [-0.15, -0.1) is 0 Å². The summed E-state index contributed by atoms with van der Waals surface area (Å²) in [6.07, 6.45) is 0. The van der Waals surface area contributed by atoms with E-state index in [-0.39, 0.29) is 0 Å². The van der Waals surface area contributed by atoms with Crippen LogP contribution in [0, 0.1) is 0 Å². The molecule has 0 saturated heterocycles. The van der Waals surface area contributed by atoms with E-state index in [1.165, 1.54) is 32.6 Å². The highest BCUT2D eigenvalue weighted by atomic mass is 15.2. The van der Waals surface area contributed by atoms with Gasteiger partial charge in [-0.05, 0) is 121 Å². The lowest BCUT2D eigenvalue weighted by atomic mass is 10.1. The molecule has 0 saturated carbocycles. The largest absolute Gasteiger partial charge is 0.309 e. The Hall–Kier alpha value is -9.58. The number of hydrogen-bond acceptors (Lipinski definition) is 2. The zero-order chi connectivity index (χ0) is 46.8. The Balaban J connectivity index is 1.04. The van der Waals surface area contributed by atoms with Gasteiger partial charge in [0.25, 0.3) is 0 Å². The molecule has 0 spiro atoms. The van der Waals surface area contributed by atoms with Crippen molar-refractivity contribution in [2.75, 3.05) is 9.80 Å². The molecule has 11 aromatic carbocycles. The van der Waals surface area contributed by atoms with Crippen LogP contribution in [0.1, 0.15) is 0 Å². The molecular formula is C66H45N5. The summed E-state index contributed by atoms with van der Waals surface area (Å²) in [6, 6.07) is 98.9. The molecule has 3 aromatic heterocycles. The zero-order valence-electron chi connectivity index (χ0n) is 38.7. The molecule has 0 atom stereocenters. The van der Waals surface area contributed by atoms with Crippen LogP contribution in [-0.2, 0) is 0 Å². The first kappa shape index (κ1) is 40.5. The molecule has 0 unspecified atom stereocenters. The first-order chi connectivity index (χ1) is 35.3. The highest BCUT2D eigenvalue weighted by molar-refractivity contribution is 6.17. The van der Waals surface area contributed by atoms with Crippen molar-refractivity contribution < 1.29 is 0 Å². The lowest BCUT2D eigenvalue weighted by Crippen LogP contribution is -2.11. The van der Waals surface area contributed by atoms with Crippen molar-refractivity contribution >= 4 is 99.5 Å². The smallest absolute Gasteiger partial charge is 0.0782 e. The van der Waals surface area contributed by atoms with Crippen molar-refractivity contribution in [3.05, 3.63) is 273 Å². The van der Waals surface area contributed by atoms with Gasteiger partial charge in [0, 0.05) is 72.1 Å². The third-order valence-electron chi connectivity index (χ3n) is 14.1. The number of rotatable bonds is 9. The van der Waals surface area contributed by atoms with Gasteiger partial charge < -0.3 is 23.5 Å². The van der Waals surface area contributed by atoms with Gasteiger partial charge in [0.1, 0.15) is 0 Å². The Kier molecular flexibility index (Phi) is 9.46. The normalized spacial score (nSPS) is 11.7. The quantitative estimate of drug-likeness (QED) is 0.144. The van der Waals surface area contributed by atoms with Gasteiger partial charge in [-0.25, -0.2) is 0 Å². The van der Waals surface area contributed by atoms with E-state index in [4.69, 9.17) is 0 Å². The monoisotopic (exact) mass is 907 g/mol. The highest BCUT2D eigenvalue weighted by Gasteiger charge is 2.25. The van der Waals surface area contributed by atoms with E-state index in [9.17, 15) is 0 Å². The van der Waals surface area contributed by atoms with Crippen LogP contribution < -0.4 is 9.80 Å². The lowest BCUT2D eigenvalue weighted by Gasteiger charge is -2.27. The Bertz CT molecular complexity index is 4010. The minimum atomic E-state index is 1.07. The Morgan fingerprint density at radius 3 is 0.944 bits per heavy atom. The fraction of sp³-hybridized carbons (Fsp3) is 0. The van der Waals surface area contributed by atoms with Gasteiger partial charge >= 0.3 is 0 Å². The van der Waals surface area contributed by atoms with Crippen molar-refractivity contribution in [3.63, 3.8) is 0 Å². The fourth-order valence-electron chi connectivity index (χ4n) is 11.2. The Morgan fingerprint density at radius 2 is 0.535 bits per heavy atom. The summed E-state index contributed by atoms with van der Waals surface area (Å²) in [7, 11) is 0. The van der Waals surface area contributed by atoms with Gasteiger partial charge in [-0.1, -0.05) is 152 Å². The molecule has 0 aliphatic carbocycles. The number of fused-ring (bicyclic) bond motifs is 9. The summed E-state index contributed by atoms with van der Waals surface area (Å²) in [5.41, 5.74) is 16.7. The van der Waals surface area contributed by atoms with E-state index in [1.807, 2.05) is 0 Å². The Labute approximate surface area is 411 Å². The van der Waals surface area contributed by atoms with E-state index in [2.05, 4.69) is 296 Å². The molecule has 14 rings (SSSR count). The van der Waals surface area contributed by atoms with Crippen LogP contribution >= 0.6 is 0 Å². The van der Waals surface area contributed by atoms with Crippen LogP contribution in [0.4, 0.5) is 34.1 Å². The predicted molar refractivity (Wildman–Crippen MR) is 299 cm³/mol. The molecule has 0 bridgehead atoms. The second-order valence-corrected chi connectivity index (χ2v) is 18.1. The summed E-state index contributed by atoms with van der Waals surface area (Å²) >= 11 is 0. The number of nitrogens with zero attached hydrogens (tertiary/aromatic N) is 5. The first-order valence-corrected chi connectivity index (χ1v) is 24.3. The zero-order valence-corrected chi connectivity index (χ0v) is 38.7. The molecule has 334 valence electrons. The molecule has 5 nitrogen and oxygen atoms in total. The van der Waals surface area contributed by atoms with Crippen molar-refractivity contribution in [2.24, 2.45) is 0 Å². The van der Waals surface area contributed by atoms with Crippen LogP contribution in [0.2, 0.25) is 0 Å². The van der Waals surface area contributed by atoms with Crippen molar-refractivity contribution in [1.29, 1.82) is 0 Å². The van der Waals surface area contributed by atoms with Gasteiger partial charge in [-0.2, -0.15) is 0 Å². The average Bonchev–Trinajstić information content (AvgIpc) is 4.09. The van der Waals surface area contributed by atoms with E-state index >= 15 is 0 Å². The number of hydrogen-bond donors (Lipinski definition) is 0. The van der Waals surface area contributed by atoms with Crippen LogP contribution in [0.3, 0.4) is 0 Å². The maximum Gasteiger partial charge on any atom is 0.0782 e. The third kappa shape index (κ3) is 6.48. The minimum absolute atomic E-state index is 1.07. The Morgan fingerprint density at radius 1 is 0.211 bits per heavy atom. The second-order valence-electron chi connectivity index (χ2n) is 18.1. The van der Waals surface area contributed by atoms with Crippen molar-refractivity contribution in [3.8, 4) is 17.1 Å². The van der Waals surface area contributed by atoms with Crippen LogP contribution in [0.5, 0.6) is 0 Å². The third-order valence-corrected chi connectivity index (χ3v) is 14.1. The summed E-state index contributed by atoms with van der Waals surface area (Å²) in [4.78, 5) is 4.88. The molecule has 0 amide bonds. The standard InChI is InChI=1S/C66H45N5/c1-6-22-46(23-7-1)67(63-38-20-34-55-53-32-16-18-36-59(53)70(65(55)63)49-28-12-4-13-29-49)51-40-42-61-57(44-51)58-45-52(41-43-62(58)69(61)48-26-10-3-11-27-48)68(47-24-8-2-9-25-47)64-39-21-35-56-54-33-17-19-37-60(54)71(66(56)64)50-30-14-5-15-31-50/h1-45H.